The number of aromatic amines is 1. The molecule has 1 saturated heterocycles. The Kier molecular flexibility index (Phi) is 4.85. The van der Waals surface area contributed by atoms with Crippen molar-refractivity contribution in [3.8, 4) is 33.2 Å². The SMILES string of the molecule is Nc1ncc(-c2nc(N3CCOCC3)c3sc(-c4cccc(-c5nnn[nH]5)c4)cc3n2)cn1. The number of aromatic nitrogens is 8. The second-order valence-electron chi connectivity index (χ2n) is 7.46. The first-order chi connectivity index (χ1) is 16.2. The zero-order valence-corrected chi connectivity index (χ0v) is 18.2. The van der Waals surface area contributed by atoms with Crippen LogP contribution < -0.4 is 10.6 Å². The van der Waals surface area contributed by atoms with E-state index in [-0.39, 0.29) is 5.95 Å². The number of ether oxygens (including phenoxy) is 1. The van der Waals surface area contributed by atoms with Gasteiger partial charge in [-0.15, -0.1) is 16.4 Å². The van der Waals surface area contributed by atoms with E-state index >= 15 is 0 Å². The first-order valence-corrected chi connectivity index (χ1v) is 11.1. The van der Waals surface area contributed by atoms with Gasteiger partial charge in [-0.2, -0.15) is 0 Å². The molecule has 1 aromatic carbocycles. The molecule has 0 bridgehead atoms. The lowest BCUT2D eigenvalue weighted by Gasteiger charge is -2.28. The number of rotatable bonds is 4. The summed E-state index contributed by atoms with van der Waals surface area (Å²) in [5, 5.41) is 14.2. The van der Waals surface area contributed by atoms with E-state index in [1.165, 1.54) is 0 Å². The van der Waals surface area contributed by atoms with Crippen LogP contribution in [0.2, 0.25) is 0 Å². The molecule has 1 aliphatic heterocycles. The van der Waals surface area contributed by atoms with Crippen LogP contribution in [0.15, 0.2) is 42.7 Å². The molecule has 0 aliphatic carbocycles. The highest BCUT2D eigenvalue weighted by atomic mass is 32.1. The summed E-state index contributed by atoms with van der Waals surface area (Å²) in [6.07, 6.45) is 3.30. The lowest BCUT2D eigenvalue weighted by atomic mass is 10.1. The molecule has 0 saturated carbocycles. The standard InChI is InChI=1S/C21H18N10OS/c22-21-23-10-14(11-24-21)18-25-15-9-16(12-2-1-3-13(8-12)19-27-29-30-28-19)33-17(15)20(26-18)31-4-6-32-7-5-31/h1-3,8-11H,4-7H2,(H2,22,23,24)(H,27,28,29,30). The summed E-state index contributed by atoms with van der Waals surface area (Å²) >= 11 is 1.66. The highest BCUT2D eigenvalue weighted by Gasteiger charge is 2.21. The van der Waals surface area contributed by atoms with Gasteiger partial charge in [-0.1, -0.05) is 18.2 Å². The van der Waals surface area contributed by atoms with E-state index in [0.717, 1.165) is 45.1 Å². The highest BCUT2D eigenvalue weighted by molar-refractivity contribution is 7.22. The molecule has 1 fully saturated rings. The van der Waals surface area contributed by atoms with Crippen molar-refractivity contribution in [1.82, 2.24) is 40.6 Å². The number of benzene rings is 1. The molecule has 3 N–H and O–H groups in total. The summed E-state index contributed by atoms with van der Waals surface area (Å²) in [6, 6.07) is 10.2. The first kappa shape index (κ1) is 19.6. The van der Waals surface area contributed by atoms with Gasteiger partial charge in [0.05, 0.1) is 29.0 Å². The zero-order valence-electron chi connectivity index (χ0n) is 17.3. The summed E-state index contributed by atoms with van der Waals surface area (Å²) in [5.74, 6) is 2.29. The molecule has 4 aromatic heterocycles. The van der Waals surface area contributed by atoms with Gasteiger partial charge in [-0.25, -0.2) is 25.0 Å². The molecule has 11 nitrogen and oxygen atoms in total. The predicted molar refractivity (Wildman–Crippen MR) is 124 cm³/mol. The average molecular weight is 459 g/mol. The van der Waals surface area contributed by atoms with Crippen LogP contribution in [-0.4, -0.2) is 66.9 Å². The van der Waals surface area contributed by atoms with Crippen LogP contribution in [0.4, 0.5) is 11.8 Å². The fourth-order valence-electron chi connectivity index (χ4n) is 3.73. The number of nitrogen functional groups attached to an aromatic ring is 1. The largest absolute Gasteiger partial charge is 0.378 e. The second-order valence-corrected chi connectivity index (χ2v) is 8.51. The van der Waals surface area contributed by atoms with Crippen molar-refractivity contribution in [3.05, 3.63) is 42.7 Å². The molecule has 12 heteroatoms. The minimum absolute atomic E-state index is 0.216. The number of anilines is 2. The number of nitrogens with two attached hydrogens (primary N) is 1. The zero-order chi connectivity index (χ0) is 22.2. The third kappa shape index (κ3) is 3.75. The number of tetrazole rings is 1. The van der Waals surface area contributed by atoms with E-state index in [9.17, 15) is 0 Å². The Hall–Kier alpha value is -4.03. The van der Waals surface area contributed by atoms with Crippen LogP contribution in [0.5, 0.6) is 0 Å². The molecular formula is C21H18N10OS. The van der Waals surface area contributed by atoms with Crippen LogP contribution >= 0.6 is 11.3 Å². The number of fused-ring (bicyclic) bond motifs is 1. The van der Waals surface area contributed by atoms with E-state index in [1.54, 1.807) is 23.7 Å². The predicted octanol–water partition coefficient (Wildman–Crippen LogP) is 2.41. The van der Waals surface area contributed by atoms with Gasteiger partial charge in [-0.3, -0.25) is 0 Å². The molecule has 0 unspecified atom stereocenters. The Morgan fingerprint density at radius 1 is 1.00 bits per heavy atom. The lowest BCUT2D eigenvalue weighted by Crippen LogP contribution is -2.36. The maximum atomic E-state index is 5.66. The van der Waals surface area contributed by atoms with Crippen LogP contribution in [-0.2, 0) is 4.74 Å². The molecule has 0 spiro atoms. The molecule has 0 radical (unpaired) electrons. The topological polar surface area (TPSA) is 145 Å². The summed E-state index contributed by atoms with van der Waals surface area (Å²) in [4.78, 5) is 21.3. The van der Waals surface area contributed by atoms with Crippen molar-refractivity contribution < 1.29 is 4.74 Å². The van der Waals surface area contributed by atoms with Gasteiger partial charge < -0.3 is 15.4 Å². The first-order valence-electron chi connectivity index (χ1n) is 10.3. The van der Waals surface area contributed by atoms with Crippen molar-refractivity contribution in [2.45, 2.75) is 0 Å². The Labute approximate surface area is 191 Å². The fourth-order valence-corrected chi connectivity index (χ4v) is 4.84. The van der Waals surface area contributed by atoms with E-state index in [2.05, 4.69) is 53.7 Å². The van der Waals surface area contributed by atoms with Crippen molar-refractivity contribution in [3.63, 3.8) is 0 Å². The van der Waals surface area contributed by atoms with Gasteiger partial charge >= 0.3 is 0 Å². The van der Waals surface area contributed by atoms with Crippen molar-refractivity contribution in [2.24, 2.45) is 0 Å². The normalized spacial score (nSPS) is 14.1. The van der Waals surface area contributed by atoms with E-state index in [1.807, 2.05) is 12.1 Å². The second kappa shape index (κ2) is 8.15. The van der Waals surface area contributed by atoms with E-state index in [4.69, 9.17) is 20.4 Å². The van der Waals surface area contributed by atoms with Crippen molar-refractivity contribution >= 4 is 33.3 Å². The number of nitrogens with zero attached hydrogens (tertiary/aromatic N) is 8. The van der Waals surface area contributed by atoms with Gasteiger partial charge in [0.1, 0.15) is 0 Å². The minimum atomic E-state index is 0.216. The van der Waals surface area contributed by atoms with Crippen molar-refractivity contribution in [1.29, 1.82) is 0 Å². The maximum absolute atomic E-state index is 5.66. The lowest BCUT2D eigenvalue weighted by molar-refractivity contribution is 0.122. The Morgan fingerprint density at radius 3 is 2.61 bits per heavy atom. The Bertz CT molecular complexity index is 1410. The highest BCUT2D eigenvalue weighted by Crippen LogP contribution is 2.39. The molecule has 1 aliphatic rings. The summed E-state index contributed by atoms with van der Waals surface area (Å²) < 4.78 is 6.58. The van der Waals surface area contributed by atoms with Crippen LogP contribution in [0.3, 0.4) is 0 Å². The number of hydrogen-bond donors (Lipinski definition) is 2. The smallest absolute Gasteiger partial charge is 0.219 e. The molecule has 33 heavy (non-hydrogen) atoms. The van der Waals surface area contributed by atoms with Crippen molar-refractivity contribution in [2.75, 3.05) is 36.9 Å². The summed E-state index contributed by atoms with van der Waals surface area (Å²) in [7, 11) is 0. The number of H-pyrrole nitrogens is 1. The van der Waals surface area contributed by atoms with Crippen LogP contribution in [0.25, 0.3) is 43.4 Å². The molecular weight excluding hydrogens is 440 g/mol. The molecule has 164 valence electrons. The summed E-state index contributed by atoms with van der Waals surface area (Å²) in [6.45, 7) is 2.87. The van der Waals surface area contributed by atoms with Crippen LogP contribution in [0.1, 0.15) is 0 Å². The number of thiophene rings is 1. The monoisotopic (exact) mass is 458 g/mol. The molecule has 6 rings (SSSR count). The number of hydrogen-bond acceptors (Lipinski definition) is 11. The molecule has 0 atom stereocenters. The summed E-state index contributed by atoms with van der Waals surface area (Å²) in [5.41, 5.74) is 9.21. The van der Waals surface area contributed by atoms with Gasteiger partial charge in [0.2, 0.25) is 5.95 Å². The van der Waals surface area contributed by atoms with Gasteiger partial charge in [0.25, 0.3) is 0 Å². The Balaban J connectivity index is 1.49. The van der Waals surface area contributed by atoms with Crippen LogP contribution in [0, 0.1) is 0 Å². The third-order valence-corrected chi connectivity index (χ3v) is 6.53. The quantitative estimate of drug-likeness (QED) is 0.412. The molecule has 0 amide bonds. The van der Waals surface area contributed by atoms with Gasteiger partial charge in [0, 0.05) is 35.9 Å². The van der Waals surface area contributed by atoms with E-state index in [0.29, 0.717) is 30.4 Å². The average Bonchev–Trinajstić information content (AvgIpc) is 3.55. The fraction of sp³-hybridized carbons (Fsp3) is 0.190. The Morgan fingerprint density at radius 2 is 1.82 bits per heavy atom. The number of nitrogens with one attached hydrogen (secondary N) is 1. The minimum Gasteiger partial charge on any atom is -0.378 e. The third-order valence-electron chi connectivity index (χ3n) is 5.36. The molecule has 5 heterocycles. The van der Waals surface area contributed by atoms with E-state index < -0.39 is 0 Å². The van der Waals surface area contributed by atoms with Gasteiger partial charge in [0.15, 0.2) is 17.5 Å². The molecule has 5 aromatic rings. The number of morpholine rings is 1. The maximum Gasteiger partial charge on any atom is 0.219 e. The van der Waals surface area contributed by atoms with Gasteiger partial charge in [-0.05, 0) is 28.1 Å².